The predicted molar refractivity (Wildman–Crippen MR) is 90.4 cm³/mol. The molecule has 25 heavy (non-hydrogen) atoms. The molecule has 0 bridgehead atoms. The average Bonchev–Trinajstić information content (AvgIpc) is 2.57. The van der Waals surface area contributed by atoms with Crippen LogP contribution in [0.25, 0.3) is 11.1 Å². The van der Waals surface area contributed by atoms with Crippen LogP contribution in [0.5, 0.6) is 0 Å². The van der Waals surface area contributed by atoms with Crippen LogP contribution in [0.3, 0.4) is 0 Å². The van der Waals surface area contributed by atoms with Crippen molar-refractivity contribution >= 4 is 10.0 Å². The summed E-state index contributed by atoms with van der Waals surface area (Å²) in [6, 6.07) is 8.87. The largest absolute Gasteiger partial charge is 0.393 e. The highest BCUT2D eigenvalue weighted by molar-refractivity contribution is 7.89. The predicted octanol–water partition coefficient (Wildman–Crippen LogP) is 3.21. The van der Waals surface area contributed by atoms with Crippen molar-refractivity contribution in [2.45, 2.75) is 42.7 Å². The molecule has 0 aromatic heterocycles. The number of hydrogen-bond acceptors (Lipinski definition) is 3. The summed E-state index contributed by atoms with van der Waals surface area (Å²) < 4.78 is 54.3. The minimum absolute atomic E-state index is 0.0879. The molecule has 2 aromatic carbocycles. The molecule has 0 aliphatic heterocycles. The number of halogens is 2. The lowest BCUT2D eigenvalue weighted by molar-refractivity contribution is 0.120. The van der Waals surface area contributed by atoms with Gasteiger partial charge in [0.15, 0.2) is 0 Å². The zero-order valence-electron chi connectivity index (χ0n) is 13.5. The molecule has 134 valence electrons. The number of aliphatic hydroxyl groups is 1. The van der Waals surface area contributed by atoms with Crippen LogP contribution in [0.1, 0.15) is 25.7 Å². The Morgan fingerprint density at radius 2 is 1.60 bits per heavy atom. The third kappa shape index (κ3) is 4.23. The van der Waals surface area contributed by atoms with Gasteiger partial charge in [-0.05, 0) is 55.5 Å². The van der Waals surface area contributed by atoms with Gasteiger partial charge in [0.25, 0.3) is 0 Å². The number of hydrogen-bond donors (Lipinski definition) is 2. The van der Waals surface area contributed by atoms with Crippen LogP contribution >= 0.6 is 0 Å². The number of benzene rings is 2. The molecule has 0 spiro atoms. The fourth-order valence-corrected chi connectivity index (χ4v) is 4.32. The molecule has 7 heteroatoms. The summed E-state index contributed by atoms with van der Waals surface area (Å²) in [5.74, 6) is -1.36. The van der Waals surface area contributed by atoms with Crippen LogP contribution in [-0.4, -0.2) is 25.7 Å². The molecule has 1 aliphatic rings. The minimum Gasteiger partial charge on any atom is -0.393 e. The molecular weight excluding hydrogens is 348 g/mol. The van der Waals surface area contributed by atoms with Crippen LogP contribution in [0.4, 0.5) is 8.78 Å². The SMILES string of the molecule is O=S(=O)(NC1CCC(O)CC1)c1ccc(-c2ccc(F)cc2F)cc1. The van der Waals surface area contributed by atoms with Crippen molar-refractivity contribution < 1.29 is 22.3 Å². The molecule has 1 fully saturated rings. The third-order valence-corrected chi connectivity index (χ3v) is 5.96. The topological polar surface area (TPSA) is 66.4 Å². The van der Waals surface area contributed by atoms with E-state index in [0.717, 1.165) is 12.1 Å². The van der Waals surface area contributed by atoms with Crippen LogP contribution in [0.2, 0.25) is 0 Å². The third-order valence-electron chi connectivity index (χ3n) is 4.43. The molecule has 0 saturated heterocycles. The molecule has 3 rings (SSSR count). The quantitative estimate of drug-likeness (QED) is 0.872. The van der Waals surface area contributed by atoms with Crippen molar-refractivity contribution in [3.63, 3.8) is 0 Å². The first-order valence-electron chi connectivity index (χ1n) is 8.11. The summed E-state index contributed by atoms with van der Waals surface area (Å²) >= 11 is 0. The first-order chi connectivity index (χ1) is 11.8. The van der Waals surface area contributed by atoms with Gasteiger partial charge in [0, 0.05) is 17.7 Å². The molecule has 1 aliphatic carbocycles. The van der Waals surface area contributed by atoms with Crippen molar-refractivity contribution in [2.24, 2.45) is 0 Å². The molecule has 0 amide bonds. The fraction of sp³-hybridized carbons (Fsp3) is 0.333. The van der Waals surface area contributed by atoms with E-state index in [1.54, 1.807) is 0 Å². The number of rotatable bonds is 4. The van der Waals surface area contributed by atoms with E-state index in [1.807, 2.05) is 0 Å². The summed E-state index contributed by atoms with van der Waals surface area (Å²) in [6.07, 6.45) is 2.00. The fourth-order valence-electron chi connectivity index (χ4n) is 3.02. The molecule has 0 radical (unpaired) electrons. The van der Waals surface area contributed by atoms with Crippen molar-refractivity contribution in [3.05, 3.63) is 54.1 Å². The van der Waals surface area contributed by atoms with Gasteiger partial charge in [0.2, 0.25) is 10.0 Å². The zero-order valence-corrected chi connectivity index (χ0v) is 14.3. The van der Waals surface area contributed by atoms with E-state index in [-0.39, 0.29) is 22.6 Å². The minimum atomic E-state index is -3.68. The van der Waals surface area contributed by atoms with Gasteiger partial charge in [-0.3, -0.25) is 0 Å². The maximum absolute atomic E-state index is 13.8. The summed E-state index contributed by atoms with van der Waals surface area (Å²) in [6.45, 7) is 0. The van der Waals surface area contributed by atoms with Crippen molar-refractivity contribution in [1.29, 1.82) is 0 Å². The number of aliphatic hydroxyl groups excluding tert-OH is 1. The highest BCUT2D eigenvalue weighted by Gasteiger charge is 2.24. The second-order valence-electron chi connectivity index (χ2n) is 6.28. The van der Waals surface area contributed by atoms with E-state index in [4.69, 9.17) is 0 Å². The Hall–Kier alpha value is -1.83. The van der Waals surface area contributed by atoms with Gasteiger partial charge in [-0.2, -0.15) is 0 Å². The molecule has 0 heterocycles. The Bertz CT molecular complexity index is 845. The monoisotopic (exact) mass is 367 g/mol. The van der Waals surface area contributed by atoms with E-state index in [2.05, 4.69) is 4.72 Å². The van der Waals surface area contributed by atoms with Gasteiger partial charge in [-0.25, -0.2) is 21.9 Å². The Morgan fingerprint density at radius 3 is 2.20 bits per heavy atom. The van der Waals surface area contributed by atoms with Gasteiger partial charge in [0.05, 0.1) is 11.0 Å². The molecule has 1 saturated carbocycles. The van der Waals surface area contributed by atoms with Gasteiger partial charge in [-0.15, -0.1) is 0 Å². The Balaban J connectivity index is 1.77. The standard InChI is InChI=1S/C18H19F2NO3S/c19-13-3-10-17(18(20)11-13)12-1-8-16(9-2-12)25(23,24)21-14-4-6-15(22)7-5-14/h1-3,8-11,14-15,21-22H,4-7H2. The maximum atomic E-state index is 13.8. The second kappa shape index (κ2) is 7.19. The van der Waals surface area contributed by atoms with Gasteiger partial charge in [-0.1, -0.05) is 12.1 Å². The maximum Gasteiger partial charge on any atom is 0.240 e. The normalized spacial score (nSPS) is 21.2. The highest BCUT2D eigenvalue weighted by Crippen LogP contribution is 2.25. The van der Waals surface area contributed by atoms with Crippen LogP contribution in [0, 0.1) is 11.6 Å². The molecular formula is C18H19F2NO3S. The summed E-state index contributed by atoms with van der Waals surface area (Å²) in [5, 5.41) is 9.49. The smallest absolute Gasteiger partial charge is 0.240 e. The number of sulfonamides is 1. The lowest BCUT2D eigenvalue weighted by Gasteiger charge is -2.26. The zero-order chi connectivity index (χ0) is 18.0. The van der Waals surface area contributed by atoms with Crippen molar-refractivity contribution in [1.82, 2.24) is 4.72 Å². The lowest BCUT2D eigenvalue weighted by Crippen LogP contribution is -2.38. The van der Waals surface area contributed by atoms with Gasteiger partial charge in [0.1, 0.15) is 11.6 Å². The Labute approximate surface area is 145 Å². The van der Waals surface area contributed by atoms with Crippen molar-refractivity contribution in [2.75, 3.05) is 0 Å². The molecule has 2 aromatic rings. The van der Waals surface area contributed by atoms with E-state index in [0.29, 0.717) is 31.2 Å². The summed E-state index contributed by atoms with van der Waals surface area (Å²) in [4.78, 5) is 0.0879. The van der Waals surface area contributed by atoms with Gasteiger partial charge >= 0.3 is 0 Å². The molecule has 0 atom stereocenters. The Morgan fingerprint density at radius 1 is 0.960 bits per heavy atom. The van der Waals surface area contributed by atoms with Crippen LogP contribution in [0.15, 0.2) is 47.4 Å². The van der Waals surface area contributed by atoms with E-state index in [1.165, 1.54) is 30.3 Å². The van der Waals surface area contributed by atoms with Crippen molar-refractivity contribution in [3.8, 4) is 11.1 Å². The lowest BCUT2D eigenvalue weighted by atomic mass is 9.94. The van der Waals surface area contributed by atoms with E-state index >= 15 is 0 Å². The van der Waals surface area contributed by atoms with E-state index in [9.17, 15) is 22.3 Å². The van der Waals surface area contributed by atoms with Crippen LogP contribution in [-0.2, 0) is 10.0 Å². The first-order valence-corrected chi connectivity index (χ1v) is 9.59. The van der Waals surface area contributed by atoms with Crippen LogP contribution < -0.4 is 4.72 Å². The second-order valence-corrected chi connectivity index (χ2v) is 7.99. The first kappa shape index (κ1) is 18.0. The average molecular weight is 367 g/mol. The Kier molecular flexibility index (Phi) is 5.17. The molecule has 2 N–H and O–H groups in total. The highest BCUT2D eigenvalue weighted by atomic mass is 32.2. The van der Waals surface area contributed by atoms with E-state index < -0.39 is 21.7 Å². The molecule has 0 unspecified atom stereocenters. The molecule has 4 nitrogen and oxygen atoms in total. The summed E-state index contributed by atoms with van der Waals surface area (Å²) in [5.41, 5.74) is 0.678. The number of nitrogens with one attached hydrogen (secondary N) is 1. The van der Waals surface area contributed by atoms with Gasteiger partial charge < -0.3 is 5.11 Å². The summed E-state index contributed by atoms with van der Waals surface area (Å²) in [7, 11) is -3.68.